The molecule has 0 aliphatic carbocycles. The molecule has 0 aliphatic rings. The van der Waals surface area contributed by atoms with E-state index in [1.165, 1.54) is 0 Å². The van der Waals surface area contributed by atoms with Gasteiger partial charge in [0.2, 0.25) is 0 Å². The third-order valence-electron chi connectivity index (χ3n) is 7.27. The normalized spacial score (nSPS) is 12.0. The van der Waals surface area contributed by atoms with E-state index in [0.29, 0.717) is 37.6 Å². The van der Waals surface area contributed by atoms with Crippen molar-refractivity contribution < 1.29 is 39.9 Å². The maximum Gasteiger partial charge on any atom is 0.303 e. The number of hydrogen-bond donors (Lipinski definition) is 5. The third kappa shape index (κ3) is 15.0. The van der Waals surface area contributed by atoms with E-state index in [4.69, 9.17) is 20.1 Å². The van der Waals surface area contributed by atoms with Crippen LogP contribution < -0.4 is 0 Å². The summed E-state index contributed by atoms with van der Waals surface area (Å²) < 4.78 is 4.73. The van der Waals surface area contributed by atoms with Crippen molar-refractivity contribution in [2.24, 2.45) is 0 Å². The van der Waals surface area contributed by atoms with E-state index in [1.807, 2.05) is 31.2 Å². The molecule has 0 fully saturated rings. The standard InChI is InChI=1S/2C17H26O3.C4H10O2/c2*1-16(2,3)12-9-11(7-8-14(18)19)10-13(15(12)20)17(4,5)6;1-2-6-4-3-5/h2*9-10,20H,7-8H2,1-6H3,(H,18,19);5H,2-4H2,1H3. The van der Waals surface area contributed by atoms with Gasteiger partial charge in [-0.3, -0.25) is 9.59 Å². The molecule has 2 rings (SSSR count). The molecule has 0 spiro atoms. The van der Waals surface area contributed by atoms with Gasteiger partial charge in [-0.25, -0.2) is 0 Å². The van der Waals surface area contributed by atoms with Gasteiger partial charge in [-0.05, 0) is 74.8 Å². The Morgan fingerprint density at radius 3 is 1.00 bits per heavy atom. The van der Waals surface area contributed by atoms with Crippen LogP contribution >= 0.6 is 0 Å². The number of ether oxygens (including phenoxy) is 1. The number of aliphatic hydroxyl groups excluding tert-OH is 1. The van der Waals surface area contributed by atoms with Crippen LogP contribution in [0.4, 0.5) is 0 Å². The minimum Gasteiger partial charge on any atom is -0.507 e. The Bertz CT molecular complexity index is 1100. The first-order chi connectivity index (χ1) is 20.8. The lowest BCUT2D eigenvalue weighted by Gasteiger charge is -2.28. The molecule has 46 heavy (non-hydrogen) atoms. The molecule has 0 amide bonds. The summed E-state index contributed by atoms with van der Waals surface area (Å²) in [6.07, 6.45) is 1.19. The van der Waals surface area contributed by atoms with Gasteiger partial charge < -0.3 is 30.3 Å². The number of aromatic hydroxyl groups is 2. The number of aliphatic hydroxyl groups is 1. The van der Waals surface area contributed by atoms with Gasteiger partial charge in [0, 0.05) is 19.4 Å². The summed E-state index contributed by atoms with van der Waals surface area (Å²) in [5, 5.41) is 46.8. The second-order valence-electron chi connectivity index (χ2n) is 15.8. The first-order valence-corrected chi connectivity index (χ1v) is 16.1. The second kappa shape index (κ2) is 17.7. The molecule has 2 aromatic rings. The number of carboxylic acids is 2. The van der Waals surface area contributed by atoms with Gasteiger partial charge in [0.25, 0.3) is 0 Å². The molecule has 0 unspecified atom stereocenters. The van der Waals surface area contributed by atoms with E-state index in [9.17, 15) is 19.8 Å². The zero-order valence-corrected chi connectivity index (χ0v) is 30.7. The van der Waals surface area contributed by atoms with E-state index in [1.54, 1.807) is 0 Å². The fourth-order valence-electron chi connectivity index (χ4n) is 4.68. The maximum atomic E-state index is 10.8. The van der Waals surface area contributed by atoms with Crippen molar-refractivity contribution in [3.63, 3.8) is 0 Å². The van der Waals surface area contributed by atoms with Crippen LogP contribution in [0.2, 0.25) is 0 Å². The van der Waals surface area contributed by atoms with Crippen LogP contribution in [0.5, 0.6) is 11.5 Å². The van der Waals surface area contributed by atoms with Crippen LogP contribution in [-0.4, -0.2) is 57.3 Å². The van der Waals surface area contributed by atoms with Gasteiger partial charge in [-0.2, -0.15) is 0 Å². The summed E-state index contributed by atoms with van der Waals surface area (Å²) in [5.41, 5.74) is 4.76. The number of aliphatic carboxylic acids is 2. The van der Waals surface area contributed by atoms with Crippen LogP contribution in [0.1, 0.15) is 136 Å². The molecular formula is C38H62O8. The summed E-state index contributed by atoms with van der Waals surface area (Å²) in [6, 6.07) is 7.75. The van der Waals surface area contributed by atoms with E-state index in [2.05, 4.69) is 83.1 Å². The molecule has 2 aromatic carbocycles. The molecule has 262 valence electrons. The molecular weight excluding hydrogens is 584 g/mol. The molecule has 5 N–H and O–H groups in total. The van der Waals surface area contributed by atoms with Gasteiger partial charge in [-0.15, -0.1) is 0 Å². The van der Waals surface area contributed by atoms with Gasteiger partial charge in [0.05, 0.1) is 13.2 Å². The number of phenols is 2. The molecule has 0 heterocycles. The van der Waals surface area contributed by atoms with Crippen LogP contribution in [0.25, 0.3) is 0 Å². The van der Waals surface area contributed by atoms with E-state index < -0.39 is 11.9 Å². The molecule has 0 bridgehead atoms. The maximum absolute atomic E-state index is 10.8. The number of aryl methyl sites for hydroxylation is 2. The molecule has 8 nitrogen and oxygen atoms in total. The lowest BCUT2D eigenvalue weighted by Crippen LogP contribution is -2.18. The fourth-order valence-corrected chi connectivity index (χ4v) is 4.68. The Balaban J connectivity index is 0.000000749. The Morgan fingerprint density at radius 2 is 0.848 bits per heavy atom. The minimum atomic E-state index is -0.798. The van der Waals surface area contributed by atoms with Crippen molar-refractivity contribution in [2.75, 3.05) is 19.8 Å². The molecule has 0 aromatic heterocycles. The van der Waals surface area contributed by atoms with E-state index in [0.717, 1.165) is 33.4 Å². The highest BCUT2D eigenvalue weighted by atomic mass is 16.5. The average Bonchev–Trinajstić information content (AvgIpc) is 2.88. The lowest BCUT2D eigenvalue weighted by molar-refractivity contribution is -0.138. The highest BCUT2D eigenvalue weighted by molar-refractivity contribution is 5.67. The Kier molecular flexibility index (Phi) is 16.5. The van der Waals surface area contributed by atoms with Gasteiger partial charge in [-0.1, -0.05) is 107 Å². The topological polar surface area (TPSA) is 145 Å². The SMILES string of the molecule is CC(C)(C)c1cc(CCC(=O)O)cc(C(C)(C)C)c1O.CC(C)(C)c1cc(CCC(=O)O)cc(C(C)(C)C)c1O.CCOCCO. The molecule has 0 radical (unpaired) electrons. The quantitative estimate of drug-likeness (QED) is 0.172. The van der Waals surface area contributed by atoms with Crippen LogP contribution in [0, 0.1) is 0 Å². The van der Waals surface area contributed by atoms with Crippen LogP contribution in [0.3, 0.4) is 0 Å². The predicted octanol–water partition coefficient (Wildman–Crippen LogP) is 8.02. The Morgan fingerprint density at radius 1 is 0.587 bits per heavy atom. The summed E-state index contributed by atoms with van der Waals surface area (Å²) in [7, 11) is 0. The number of rotatable bonds is 9. The highest BCUT2D eigenvalue weighted by Gasteiger charge is 2.28. The zero-order valence-electron chi connectivity index (χ0n) is 30.7. The van der Waals surface area contributed by atoms with E-state index in [-0.39, 0.29) is 41.1 Å². The largest absolute Gasteiger partial charge is 0.507 e. The smallest absolute Gasteiger partial charge is 0.303 e. The van der Waals surface area contributed by atoms with Crippen molar-refractivity contribution in [2.45, 2.75) is 137 Å². The van der Waals surface area contributed by atoms with Crippen LogP contribution in [0.15, 0.2) is 24.3 Å². The predicted molar refractivity (Wildman–Crippen MR) is 187 cm³/mol. The van der Waals surface area contributed by atoms with E-state index >= 15 is 0 Å². The number of carboxylic acid groups (broad SMARTS) is 2. The molecule has 0 saturated carbocycles. The fraction of sp³-hybridized carbons (Fsp3) is 0.632. The third-order valence-corrected chi connectivity index (χ3v) is 7.27. The minimum absolute atomic E-state index is 0.109. The summed E-state index contributed by atoms with van der Waals surface area (Å²) in [4.78, 5) is 21.5. The number of benzene rings is 2. The first kappa shape index (κ1) is 42.9. The Labute approximate surface area is 277 Å². The number of carbonyl (C=O) groups is 2. The van der Waals surface area contributed by atoms with Crippen molar-refractivity contribution in [1.82, 2.24) is 0 Å². The molecule has 0 saturated heterocycles. The first-order valence-electron chi connectivity index (χ1n) is 16.1. The zero-order chi connectivity index (χ0) is 36.3. The van der Waals surface area contributed by atoms with Gasteiger partial charge >= 0.3 is 11.9 Å². The lowest BCUT2D eigenvalue weighted by atomic mass is 9.78. The van der Waals surface area contributed by atoms with Crippen LogP contribution in [-0.2, 0) is 48.8 Å². The van der Waals surface area contributed by atoms with Crippen molar-refractivity contribution in [1.29, 1.82) is 0 Å². The number of phenolic OH excluding ortho intramolecular Hbond substituents is 2. The molecule has 0 aliphatic heterocycles. The van der Waals surface area contributed by atoms with Crippen molar-refractivity contribution in [3.05, 3.63) is 57.6 Å². The summed E-state index contributed by atoms with van der Waals surface area (Å²) in [6.45, 7) is 27.8. The molecule has 8 heteroatoms. The highest BCUT2D eigenvalue weighted by Crippen LogP contribution is 2.41. The monoisotopic (exact) mass is 646 g/mol. The Hall–Kier alpha value is -3.10. The second-order valence-corrected chi connectivity index (χ2v) is 15.8. The van der Waals surface area contributed by atoms with Gasteiger partial charge in [0.1, 0.15) is 11.5 Å². The molecule has 0 atom stereocenters. The van der Waals surface area contributed by atoms with Crippen molar-refractivity contribution >= 4 is 11.9 Å². The average molecular weight is 647 g/mol. The number of hydrogen-bond acceptors (Lipinski definition) is 6. The van der Waals surface area contributed by atoms with Gasteiger partial charge in [0.15, 0.2) is 0 Å². The van der Waals surface area contributed by atoms with Crippen molar-refractivity contribution in [3.8, 4) is 11.5 Å². The summed E-state index contributed by atoms with van der Waals surface area (Å²) >= 11 is 0. The summed E-state index contributed by atoms with van der Waals surface area (Å²) in [5.74, 6) is -0.923.